The summed E-state index contributed by atoms with van der Waals surface area (Å²) in [6.07, 6.45) is 1.09. The fourth-order valence-corrected chi connectivity index (χ4v) is 2.03. The molecular formula is C15H23N. The van der Waals surface area contributed by atoms with Crippen LogP contribution in [0, 0.1) is 0 Å². The van der Waals surface area contributed by atoms with E-state index in [-0.39, 0.29) is 0 Å². The molecule has 0 aliphatic heterocycles. The number of allylic oxidation sites excluding steroid dienone is 1. The van der Waals surface area contributed by atoms with Crippen molar-refractivity contribution < 1.29 is 0 Å². The highest BCUT2D eigenvalue weighted by molar-refractivity contribution is 5.36. The van der Waals surface area contributed by atoms with Crippen molar-refractivity contribution in [3.63, 3.8) is 0 Å². The molecule has 1 atom stereocenters. The Morgan fingerprint density at radius 3 is 2.31 bits per heavy atom. The molecule has 1 aromatic carbocycles. The molecule has 0 amide bonds. The van der Waals surface area contributed by atoms with Crippen LogP contribution in [0.25, 0.3) is 0 Å². The van der Waals surface area contributed by atoms with Crippen molar-refractivity contribution in [3.8, 4) is 0 Å². The minimum atomic E-state index is 0.348. The molecule has 0 heterocycles. The van der Waals surface area contributed by atoms with Crippen molar-refractivity contribution in [3.05, 3.63) is 46.5 Å². The van der Waals surface area contributed by atoms with Crippen LogP contribution >= 0.6 is 0 Å². The third-order valence-corrected chi connectivity index (χ3v) is 3.26. The predicted molar refractivity (Wildman–Crippen MR) is 71.7 cm³/mol. The Balaban J connectivity index is 3.19. The van der Waals surface area contributed by atoms with Crippen LogP contribution in [0.2, 0.25) is 0 Å². The van der Waals surface area contributed by atoms with E-state index in [0.717, 1.165) is 6.42 Å². The van der Waals surface area contributed by atoms with Gasteiger partial charge in [0.15, 0.2) is 0 Å². The maximum absolute atomic E-state index is 3.42. The minimum absolute atomic E-state index is 0.348. The van der Waals surface area contributed by atoms with E-state index in [1.54, 1.807) is 0 Å². The highest BCUT2D eigenvalue weighted by Crippen LogP contribution is 2.26. The molecule has 1 nitrogen and oxygen atoms in total. The second kappa shape index (κ2) is 5.86. The lowest BCUT2D eigenvalue weighted by atomic mass is 9.92. The van der Waals surface area contributed by atoms with E-state index in [9.17, 15) is 0 Å². The molecule has 0 aromatic heterocycles. The summed E-state index contributed by atoms with van der Waals surface area (Å²) >= 11 is 0. The molecule has 0 saturated heterocycles. The summed E-state index contributed by atoms with van der Waals surface area (Å²) in [6, 6.07) is 9.04. The van der Waals surface area contributed by atoms with Crippen molar-refractivity contribution >= 4 is 0 Å². The number of rotatable bonds is 4. The van der Waals surface area contributed by atoms with E-state index in [1.807, 2.05) is 7.05 Å². The third kappa shape index (κ3) is 2.73. The van der Waals surface area contributed by atoms with Gasteiger partial charge in [0, 0.05) is 0 Å². The van der Waals surface area contributed by atoms with Crippen LogP contribution in [0.5, 0.6) is 0 Å². The molecule has 0 aliphatic rings. The van der Waals surface area contributed by atoms with Crippen LogP contribution in [0.3, 0.4) is 0 Å². The van der Waals surface area contributed by atoms with Gasteiger partial charge in [0.25, 0.3) is 0 Å². The van der Waals surface area contributed by atoms with Gasteiger partial charge in [0.2, 0.25) is 0 Å². The molecule has 1 unspecified atom stereocenters. The second-order valence-corrected chi connectivity index (χ2v) is 4.46. The lowest BCUT2D eigenvalue weighted by Crippen LogP contribution is -2.19. The number of aryl methyl sites for hydroxylation is 1. The summed E-state index contributed by atoms with van der Waals surface area (Å²) in [6.45, 7) is 8.77. The first-order valence-corrected chi connectivity index (χ1v) is 6.00. The standard InChI is InChI=1S/C15H23N/c1-6-13-9-7-8-10-14(13)15(16-5)12(4)11(2)3/h7-10,15-16H,6H2,1-5H3. The molecule has 0 spiro atoms. The number of hydrogen-bond donors (Lipinski definition) is 1. The normalized spacial score (nSPS) is 12.3. The van der Waals surface area contributed by atoms with Crippen molar-refractivity contribution in [2.45, 2.75) is 40.2 Å². The zero-order valence-corrected chi connectivity index (χ0v) is 11.1. The first-order valence-electron chi connectivity index (χ1n) is 6.00. The lowest BCUT2D eigenvalue weighted by Gasteiger charge is -2.22. The molecule has 16 heavy (non-hydrogen) atoms. The molecule has 0 radical (unpaired) electrons. The second-order valence-electron chi connectivity index (χ2n) is 4.46. The SMILES string of the molecule is CCc1ccccc1C(NC)C(C)=C(C)C. The highest BCUT2D eigenvalue weighted by atomic mass is 14.9. The van der Waals surface area contributed by atoms with Crippen molar-refractivity contribution in [1.82, 2.24) is 5.32 Å². The van der Waals surface area contributed by atoms with Crippen LogP contribution in [0.1, 0.15) is 44.9 Å². The largest absolute Gasteiger partial charge is 0.310 e. The monoisotopic (exact) mass is 217 g/mol. The Morgan fingerprint density at radius 2 is 1.81 bits per heavy atom. The van der Waals surface area contributed by atoms with Gasteiger partial charge in [0.05, 0.1) is 6.04 Å². The smallest absolute Gasteiger partial charge is 0.0536 e. The van der Waals surface area contributed by atoms with Crippen molar-refractivity contribution in [1.29, 1.82) is 0 Å². The van der Waals surface area contributed by atoms with Gasteiger partial charge in [-0.3, -0.25) is 0 Å². The zero-order valence-electron chi connectivity index (χ0n) is 11.1. The van der Waals surface area contributed by atoms with Gasteiger partial charge in [-0.25, -0.2) is 0 Å². The molecule has 1 N–H and O–H groups in total. The quantitative estimate of drug-likeness (QED) is 0.755. The first-order chi connectivity index (χ1) is 7.61. The fraction of sp³-hybridized carbons (Fsp3) is 0.467. The van der Waals surface area contributed by atoms with Gasteiger partial charge < -0.3 is 5.32 Å². The van der Waals surface area contributed by atoms with Gasteiger partial charge in [-0.2, -0.15) is 0 Å². The van der Waals surface area contributed by atoms with Crippen LogP contribution in [-0.4, -0.2) is 7.05 Å². The molecule has 0 aliphatic carbocycles. The Bertz CT molecular complexity index is 373. The molecule has 1 heteroatoms. The summed E-state index contributed by atoms with van der Waals surface area (Å²) in [5.41, 5.74) is 5.65. The average Bonchev–Trinajstić information content (AvgIpc) is 2.30. The Hall–Kier alpha value is -1.08. The van der Waals surface area contributed by atoms with E-state index >= 15 is 0 Å². The van der Waals surface area contributed by atoms with Gasteiger partial charge in [-0.15, -0.1) is 0 Å². The molecule has 0 saturated carbocycles. The van der Waals surface area contributed by atoms with Gasteiger partial charge >= 0.3 is 0 Å². The van der Waals surface area contributed by atoms with Crippen LogP contribution in [0.4, 0.5) is 0 Å². The molecule has 0 fully saturated rings. The maximum atomic E-state index is 3.42. The molecule has 1 rings (SSSR count). The summed E-state index contributed by atoms with van der Waals surface area (Å²) in [5, 5.41) is 3.42. The van der Waals surface area contributed by atoms with E-state index in [0.29, 0.717) is 6.04 Å². The molecular weight excluding hydrogens is 194 g/mol. The summed E-state index contributed by atoms with van der Waals surface area (Å²) < 4.78 is 0. The number of nitrogens with one attached hydrogen (secondary N) is 1. The summed E-state index contributed by atoms with van der Waals surface area (Å²) in [7, 11) is 2.03. The summed E-state index contributed by atoms with van der Waals surface area (Å²) in [5.74, 6) is 0. The molecule has 0 bridgehead atoms. The van der Waals surface area contributed by atoms with Gasteiger partial charge in [-0.05, 0) is 45.4 Å². The van der Waals surface area contributed by atoms with Crippen LogP contribution in [-0.2, 0) is 6.42 Å². The topological polar surface area (TPSA) is 12.0 Å². The fourth-order valence-electron chi connectivity index (χ4n) is 2.03. The van der Waals surface area contributed by atoms with Gasteiger partial charge in [0.1, 0.15) is 0 Å². The van der Waals surface area contributed by atoms with E-state index in [1.165, 1.54) is 22.3 Å². The van der Waals surface area contributed by atoms with E-state index in [2.05, 4.69) is 57.3 Å². The molecule has 1 aromatic rings. The van der Waals surface area contributed by atoms with Crippen molar-refractivity contribution in [2.24, 2.45) is 0 Å². The molecule has 88 valence electrons. The lowest BCUT2D eigenvalue weighted by molar-refractivity contribution is 0.663. The van der Waals surface area contributed by atoms with E-state index < -0.39 is 0 Å². The first kappa shape index (κ1) is 13.0. The van der Waals surface area contributed by atoms with Gasteiger partial charge in [-0.1, -0.05) is 42.3 Å². The zero-order chi connectivity index (χ0) is 12.1. The third-order valence-electron chi connectivity index (χ3n) is 3.26. The average molecular weight is 217 g/mol. The maximum Gasteiger partial charge on any atom is 0.0536 e. The highest BCUT2D eigenvalue weighted by Gasteiger charge is 2.14. The Labute approximate surface area is 99.6 Å². The van der Waals surface area contributed by atoms with E-state index in [4.69, 9.17) is 0 Å². The number of hydrogen-bond acceptors (Lipinski definition) is 1. The minimum Gasteiger partial charge on any atom is -0.310 e. The summed E-state index contributed by atoms with van der Waals surface area (Å²) in [4.78, 5) is 0. The number of likely N-dealkylation sites (N-methyl/N-ethyl adjacent to an activating group) is 1. The number of benzene rings is 1. The van der Waals surface area contributed by atoms with Crippen LogP contribution < -0.4 is 5.32 Å². The Morgan fingerprint density at radius 1 is 1.19 bits per heavy atom. The van der Waals surface area contributed by atoms with Crippen molar-refractivity contribution in [2.75, 3.05) is 7.05 Å². The predicted octanol–water partition coefficient (Wildman–Crippen LogP) is 3.87. The Kier molecular flexibility index (Phi) is 4.75. The van der Waals surface area contributed by atoms with Crippen LogP contribution in [0.15, 0.2) is 35.4 Å².